The second-order valence-electron chi connectivity index (χ2n) is 3.87. The van der Waals surface area contributed by atoms with Crippen molar-refractivity contribution in [1.29, 1.82) is 0 Å². The third-order valence-electron chi connectivity index (χ3n) is 2.72. The highest BCUT2D eigenvalue weighted by Gasteiger charge is 2.32. The van der Waals surface area contributed by atoms with Crippen LogP contribution in [0.5, 0.6) is 0 Å². The Balaban J connectivity index is 2.07. The number of likely N-dealkylation sites (N-methyl/N-ethyl adjacent to an activating group) is 1. The maximum Gasteiger partial charge on any atom is 0.414 e. The van der Waals surface area contributed by atoms with Crippen molar-refractivity contribution < 1.29 is 9.53 Å². The summed E-state index contributed by atoms with van der Waals surface area (Å²) in [5.41, 5.74) is 0.908. The molecule has 2 heterocycles. The summed E-state index contributed by atoms with van der Waals surface area (Å²) in [6.07, 6.45) is 3.62. The van der Waals surface area contributed by atoms with Gasteiger partial charge >= 0.3 is 6.09 Å². The molecular formula is C11H17N3O2. The molecule has 1 N–H and O–H groups in total. The van der Waals surface area contributed by atoms with Crippen LogP contribution in [-0.4, -0.2) is 36.9 Å². The quantitative estimate of drug-likeness (QED) is 0.830. The highest BCUT2D eigenvalue weighted by atomic mass is 16.6. The molecule has 0 radical (unpaired) electrons. The molecule has 1 aromatic heterocycles. The Kier molecular flexibility index (Phi) is 3.14. The van der Waals surface area contributed by atoms with Gasteiger partial charge in [-0.15, -0.1) is 0 Å². The Labute approximate surface area is 95.0 Å². The van der Waals surface area contributed by atoms with E-state index in [1.807, 2.05) is 30.1 Å². The molecule has 0 saturated carbocycles. The van der Waals surface area contributed by atoms with E-state index in [1.165, 1.54) is 0 Å². The van der Waals surface area contributed by atoms with E-state index in [0.29, 0.717) is 13.1 Å². The monoisotopic (exact) mass is 223 g/mol. The zero-order chi connectivity index (χ0) is 11.5. The lowest BCUT2D eigenvalue weighted by Crippen LogP contribution is -2.28. The third kappa shape index (κ3) is 2.04. The molecule has 0 bridgehead atoms. The van der Waals surface area contributed by atoms with Crippen molar-refractivity contribution in [1.82, 2.24) is 9.88 Å². The van der Waals surface area contributed by atoms with Crippen LogP contribution in [0.3, 0.4) is 0 Å². The second kappa shape index (κ2) is 4.57. The van der Waals surface area contributed by atoms with E-state index in [0.717, 1.165) is 12.2 Å². The Morgan fingerprint density at radius 3 is 3.06 bits per heavy atom. The van der Waals surface area contributed by atoms with Crippen LogP contribution in [0.1, 0.15) is 6.92 Å². The summed E-state index contributed by atoms with van der Waals surface area (Å²) >= 11 is 0. The standard InChI is InChI=1S/C11H17N3O2/c1-3-13-5-4-9(7-13)14-8-10(6-12-2)16-11(14)15/h4-5,7,10,12H,3,6,8H2,1-2H3/t10-/m0/s1. The summed E-state index contributed by atoms with van der Waals surface area (Å²) in [6, 6.07) is 1.94. The van der Waals surface area contributed by atoms with Crippen molar-refractivity contribution >= 4 is 11.8 Å². The number of carbonyl (C=O) groups is 1. The van der Waals surface area contributed by atoms with Crippen molar-refractivity contribution in [2.24, 2.45) is 0 Å². The van der Waals surface area contributed by atoms with Gasteiger partial charge in [-0.3, -0.25) is 4.90 Å². The highest BCUT2D eigenvalue weighted by molar-refractivity contribution is 5.89. The predicted molar refractivity (Wildman–Crippen MR) is 61.6 cm³/mol. The average molecular weight is 223 g/mol. The normalized spacial score (nSPS) is 20.2. The molecule has 1 atom stereocenters. The molecule has 2 rings (SSSR count). The molecule has 5 heteroatoms. The fourth-order valence-electron chi connectivity index (χ4n) is 1.85. The molecule has 0 spiro atoms. The molecule has 88 valence electrons. The summed E-state index contributed by atoms with van der Waals surface area (Å²) in [6.45, 7) is 4.28. The minimum atomic E-state index is -0.255. The minimum Gasteiger partial charge on any atom is -0.443 e. The van der Waals surface area contributed by atoms with E-state index in [9.17, 15) is 4.79 Å². The lowest BCUT2D eigenvalue weighted by molar-refractivity contribution is 0.141. The van der Waals surface area contributed by atoms with Crippen molar-refractivity contribution in [2.75, 3.05) is 25.0 Å². The van der Waals surface area contributed by atoms with Gasteiger partial charge in [-0.25, -0.2) is 4.79 Å². The van der Waals surface area contributed by atoms with Crippen LogP contribution in [0.4, 0.5) is 10.5 Å². The Hall–Kier alpha value is -1.49. The number of aromatic nitrogens is 1. The van der Waals surface area contributed by atoms with E-state index in [2.05, 4.69) is 12.2 Å². The van der Waals surface area contributed by atoms with Gasteiger partial charge in [-0.05, 0) is 20.0 Å². The van der Waals surface area contributed by atoms with Crippen LogP contribution in [0.2, 0.25) is 0 Å². The summed E-state index contributed by atoms with van der Waals surface area (Å²) in [5, 5.41) is 3.01. The van der Waals surface area contributed by atoms with Gasteiger partial charge in [0.15, 0.2) is 0 Å². The molecule has 1 aliphatic heterocycles. The van der Waals surface area contributed by atoms with Gasteiger partial charge in [0, 0.05) is 25.5 Å². The molecule has 1 aromatic rings. The van der Waals surface area contributed by atoms with Gasteiger partial charge in [0.1, 0.15) is 6.10 Å². The minimum absolute atomic E-state index is 0.0533. The molecule has 0 aliphatic carbocycles. The van der Waals surface area contributed by atoms with E-state index in [-0.39, 0.29) is 12.2 Å². The Bertz CT molecular complexity index is 375. The van der Waals surface area contributed by atoms with E-state index in [4.69, 9.17) is 4.74 Å². The molecular weight excluding hydrogens is 206 g/mol. The topological polar surface area (TPSA) is 46.5 Å². The number of amides is 1. The van der Waals surface area contributed by atoms with Crippen molar-refractivity contribution in [3.05, 3.63) is 18.5 Å². The van der Waals surface area contributed by atoms with Crippen LogP contribution in [0.25, 0.3) is 0 Å². The molecule has 1 saturated heterocycles. The van der Waals surface area contributed by atoms with Gasteiger partial charge in [-0.1, -0.05) is 0 Å². The van der Waals surface area contributed by atoms with E-state index in [1.54, 1.807) is 4.90 Å². The van der Waals surface area contributed by atoms with Crippen molar-refractivity contribution in [2.45, 2.75) is 19.6 Å². The fourth-order valence-corrected chi connectivity index (χ4v) is 1.85. The Morgan fingerprint density at radius 2 is 2.44 bits per heavy atom. The number of hydrogen-bond donors (Lipinski definition) is 1. The first-order valence-corrected chi connectivity index (χ1v) is 5.53. The van der Waals surface area contributed by atoms with Gasteiger partial charge in [-0.2, -0.15) is 0 Å². The van der Waals surface area contributed by atoms with Crippen LogP contribution in [-0.2, 0) is 11.3 Å². The molecule has 1 amide bonds. The maximum atomic E-state index is 11.6. The maximum absolute atomic E-state index is 11.6. The van der Waals surface area contributed by atoms with Gasteiger partial charge in [0.2, 0.25) is 0 Å². The van der Waals surface area contributed by atoms with Crippen LogP contribution in [0, 0.1) is 0 Å². The number of nitrogens with one attached hydrogen (secondary N) is 1. The summed E-state index contributed by atoms with van der Waals surface area (Å²) in [5.74, 6) is 0. The number of hydrogen-bond acceptors (Lipinski definition) is 3. The van der Waals surface area contributed by atoms with Crippen LogP contribution >= 0.6 is 0 Å². The molecule has 1 aliphatic rings. The molecule has 0 unspecified atom stereocenters. The first kappa shape index (κ1) is 11.0. The first-order chi connectivity index (χ1) is 7.74. The summed E-state index contributed by atoms with van der Waals surface area (Å²) in [7, 11) is 1.85. The lowest BCUT2D eigenvalue weighted by Gasteiger charge is -2.10. The number of nitrogens with zero attached hydrogens (tertiary/aromatic N) is 2. The van der Waals surface area contributed by atoms with E-state index >= 15 is 0 Å². The molecule has 16 heavy (non-hydrogen) atoms. The van der Waals surface area contributed by atoms with Crippen molar-refractivity contribution in [3.8, 4) is 0 Å². The molecule has 5 nitrogen and oxygen atoms in total. The van der Waals surface area contributed by atoms with Gasteiger partial charge < -0.3 is 14.6 Å². The largest absolute Gasteiger partial charge is 0.443 e. The number of ether oxygens (including phenoxy) is 1. The fraction of sp³-hybridized carbons (Fsp3) is 0.545. The number of anilines is 1. The number of carbonyl (C=O) groups excluding carboxylic acids is 1. The average Bonchev–Trinajstić information content (AvgIpc) is 2.85. The van der Waals surface area contributed by atoms with Gasteiger partial charge in [0.25, 0.3) is 0 Å². The lowest BCUT2D eigenvalue weighted by atomic mass is 10.3. The summed E-state index contributed by atoms with van der Waals surface area (Å²) in [4.78, 5) is 13.3. The third-order valence-corrected chi connectivity index (χ3v) is 2.72. The SMILES string of the molecule is CCn1ccc(N2C[C@H](CNC)OC2=O)c1. The smallest absolute Gasteiger partial charge is 0.414 e. The first-order valence-electron chi connectivity index (χ1n) is 5.53. The number of cyclic esters (lactones) is 1. The predicted octanol–water partition coefficient (Wildman–Crippen LogP) is 1.05. The Morgan fingerprint density at radius 1 is 1.62 bits per heavy atom. The highest BCUT2D eigenvalue weighted by Crippen LogP contribution is 2.21. The van der Waals surface area contributed by atoms with E-state index < -0.39 is 0 Å². The van der Waals surface area contributed by atoms with Gasteiger partial charge in [0.05, 0.1) is 12.2 Å². The van der Waals surface area contributed by atoms with Crippen LogP contribution in [0.15, 0.2) is 18.5 Å². The zero-order valence-corrected chi connectivity index (χ0v) is 9.64. The number of rotatable bonds is 4. The second-order valence-corrected chi connectivity index (χ2v) is 3.87. The zero-order valence-electron chi connectivity index (χ0n) is 9.64. The molecule has 1 fully saturated rings. The summed E-state index contributed by atoms with van der Waals surface area (Å²) < 4.78 is 7.26. The molecule has 0 aromatic carbocycles. The number of aryl methyl sites for hydroxylation is 1. The van der Waals surface area contributed by atoms with Crippen LogP contribution < -0.4 is 10.2 Å². The van der Waals surface area contributed by atoms with Crippen molar-refractivity contribution in [3.63, 3.8) is 0 Å².